The minimum Gasteiger partial charge on any atom is -0.378 e. The quantitative estimate of drug-likeness (QED) is 0.647. The van der Waals surface area contributed by atoms with Gasteiger partial charge >= 0.3 is 0 Å². The molecule has 1 saturated carbocycles. The largest absolute Gasteiger partial charge is 0.378 e. The van der Waals surface area contributed by atoms with Crippen molar-refractivity contribution in [2.45, 2.75) is 65.9 Å². The molecule has 1 aliphatic rings. The van der Waals surface area contributed by atoms with E-state index in [0.717, 1.165) is 17.9 Å². The highest BCUT2D eigenvalue weighted by atomic mass is 79.9. The first-order valence-electron chi connectivity index (χ1n) is 7.15. The monoisotopic (exact) mass is 304 g/mol. The first-order chi connectivity index (χ1) is 7.97. The Bertz CT molecular complexity index is 209. The fourth-order valence-electron chi connectivity index (χ4n) is 2.54. The Balaban J connectivity index is 2.34. The second-order valence-corrected chi connectivity index (χ2v) is 7.26. The lowest BCUT2D eigenvalue weighted by Crippen LogP contribution is -2.31. The van der Waals surface area contributed by atoms with Crippen LogP contribution < -0.4 is 0 Å². The molecule has 0 aromatic carbocycles. The van der Waals surface area contributed by atoms with Crippen LogP contribution in [0.15, 0.2) is 0 Å². The van der Waals surface area contributed by atoms with Crippen molar-refractivity contribution in [2.75, 3.05) is 11.9 Å². The number of alkyl halides is 1. The molecule has 1 aliphatic carbocycles. The minimum atomic E-state index is 0.336. The van der Waals surface area contributed by atoms with Crippen molar-refractivity contribution >= 4 is 15.9 Å². The summed E-state index contributed by atoms with van der Waals surface area (Å²) in [5.41, 5.74) is 0.336. The maximum Gasteiger partial charge on any atom is 0.0578 e. The van der Waals surface area contributed by atoms with Gasteiger partial charge in [0.05, 0.1) is 12.7 Å². The molecule has 0 aromatic rings. The van der Waals surface area contributed by atoms with E-state index >= 15 is 0 Å². The van der Waals surface area contributed by atoms with E-state index in [0.29, 0.717) is 17.4 Å². The molecule has 0 amide bonds. The van der Waals surface area contributed by atoms with Crippen LogP contribution in [0.25, 0.3) is 0 Å². The van der Waals surface area contributed by atoms with Gasteiger partial charge in [0, 0.05) is 5.33 Å². The molecular weight excluding hydrogens is 276 g/mol. The van der Waals surface area contributed by atoms with Gasteiger partial charge in [0.15, 0.2) is 0 Å². The van der Waals surface area contributed by atoms with Crippen molar-refractivity contribution in [3.05, 3.63) is 0 Å². The van der Waals surface area contributed by atoms with Gasteiger partial charge in [-0.1, -0.05) is 62.9 Å². The van der Waals surface area contributed by atoms with Crippen LogP contribution in [-0.2, 0) is 4.74 Å². The molecule has 102 valence electrons. The molecule has 0 bridgehead atoms. The number of hydrogen-bond donors (Lipinski definition) is 0. The standard InChI is InChI=1S/C15H29BrO/c1-5-12-7-6-8-14(9-12)17-11-13(10-16)15(2,3)4/h12-14H,5-11H2,1-4H3. The summed E-state index contributed by atoms with van der Waals surface area (Å²) in [7, 11) is 0. The average Bonchev–Trinajstić information content (AvgIpc) is 2.28. The van der Waals surface area contributed by atoms with Crippen molar-refractivity contribution in [1.29, 1.82) is 0 Å². The Labute approximate surface area is 116 Å². The summed E-state index contributed by atoms with van der Waals surface area (Å²) in [5.74, 6) is 1.52. The molecule has 1 nitrogen and oxygen atoms in total. The van der Waals surface area contributed by atoms with Crippen molar-refractivity contribution in [3.63, 3.8) is 0 Å². The zero-order valence-electron chi connectivity index (χ0n) is 12.0. The van der Waals surface area contributed by atoms with Gasteiger partial charge in [-0.3, -0.25) is 0 Å². The Morgan fingerprint density at radius 3 is 2.53 bits per heavy atom. The van der Waals surface area contributed by atoms with Gasteiger partial charge in [-0.05, 0) is 30.1 Å². The van der Waals surface area contributed by atoms with Crippen LogP contribution in [0.2, 0.25) is 0 Å². The van der Waals surface area contributed by atoms with Crippen molar-refractivity contribution in [3.8, 4) is 0 Å². The normalized spacial score (nSPS) is 28.1. The summed E-state index contributed by atoms with van der Waals surface area (Å²) in [6.45, 7) is 10.1. The lowest BCUT2D eigenvalue weighted by atomic mass is 9.82. The van der Waals surface area contributed by atoms with E-state index in [1.54, 1.807) is 0 Å². The molecule has 0 saturated heterocycles. The Morgan fingerprint density at radius 2 is 2.00 bits per heavy atom. The number of hydrogen-bond acceptors (Lipinski definition) is 1. The van der Waals surface area contributed by atoms with Crippen LogP contribution in [0.3, 0.4) is 0 Å². The number of rotatable bonds is 5. The van der Waals surface area contributed by atoms with E-state index < -0.39 is 0 Å². The van der Waals surface area contributed by atoms with Crippen LogP contribution in [0.4, 0.5) is 0 Å². The Morgan fingerprint density at radius 1 is 1.29 bits per heavy atom. The molecule has 17 heavy (non-hydrogen) atoms. The summed E-state index contributed by atoms with van der Waals surface area (Å²) in [6, 6.07) is 0. The average molecular weight is 305 g/mol. The zero-order chi connectivity index (χ0) is 12.9. The van der Waals surface area contributed by atoms with Gasteiger partial charge in [-0.2, -0.15) is 0 Å². The second-order valence-electron chi connectivity index (χ2n) is 6.61. The van der Waals surface area contributed by atoms with Crippen LogP contribution in [0.1, 0.15) is 59.8 Å². The maximum absolute atomic E-state index is 6.16. The molecule has 0 spiro atoms. The topological polar surface area (TPSA) is 9.23 Å². The van der Waals surface area contributed by atoms with Crippen LogP contribution in [-0.4, -0.2) is 18.0 Å². The van der Waals surface area contributed by atoms with E-state index in [2.05, 4.69) is 43.6 Å². The van der Waals surface area contributed by atoms with Crippen LogP contribution in [0.5, 0.6) is 0 Å². The number of ether oxygens (including phenoxy) is 1. The van der Waals surface area contributed by atoms with E-state index in [1.807, 2.05) is 0 Å². The SMILES string of the molecule is CCC1CCCC(OCC(CBr)C(C)(C)C)C1. The van der Waals surface area contributed by atoms with Crippen LogP contribution >= 0.6 is 15.9 Å². The fourth-order valence-corrected chi connectivity index (χ4v) is 3.70. The fraction of sp³-hybridized carbons (Fsp3) is 1.00. The predicted octanol–water partition coefficient (Wildman–Crippen LogP) is 5.03. The second kappa shape index (κ2) is 7.13. The van der Waals surface area contributed by atoms with Crippen molar-refractivity contribution in [2.24, 2.45) is 17.3 Å². The maximum atomic E-state index is 6.16. The molecule has 2 heteroatoms. The molecule has 3 atom stereocenters. The first-order valence-corrected chi connectivity index (χ1v) is 8.27. The molecule has 0 radical (unpaired) electrons. The lowest BCUT2D eigenvalue weighted by molar-refractivity contribution is -0.0195. The summed E-state index contributed by atoms with van der Waals surface area (Å²) >= 11 is 3.62. The van der Waals surface area contributed by atoms with E-state index in [-0.39, 0.29) is 0 Å². The van der Waals surface area contributed by atoms with Gasteiger partial charge in [0.25, 0.3) is 0 Å². The zero-order valence-corrected chi connectivity index (χ0v) is 13.6. The van der Waals surface area contributed by atoms with Gasteiger partial charge in [0.1, 0.15) is 0 Å². The van der Waals surface area contributed by atoms with Crippen molar-refractivity contribution in [1.82, 2.24) is 0 Å². The third-order valence-electron chi connectivity index (χ3n) is 4.26. The van der Waals surface area contributed by atoms with E-state index in [4.69, 9.17) is 4.74 Å². The summed E-state index contributed by atoms with van der Waals surface area (Å²) in [4.78, 5) is 0. The molecule has 1 fully saturated rings. The highest BCUT2D eigenvalue weighted by molar-refractivity contribution is 9.09. The molecule has 0 aromatic heterocycles. The van der Waals surface area contributed by atoms with E-state index in [1.165, 1.54) is 32.1 Å². The van der Waals surface area contributed by atoms with Crippen molar-refractivity contribution < 1.29 is 4.74 Å². The third kappa shape index (κ3) is 5.30. The summed E-state index contributed by atoms with van der Waals surface area (Å²) in [6.07, 6.45) is 7.18. The molecule has 3 unspecified atom stereocenters. The molecule has 0 N–H and O–H groups in total. The third-order valence-corrected chi connectivity index (χ3v) is 5.04. The van der Waals surface area contributed by atoms with E-state index in [9.17, 15) is 0 Å². The van der Waals surface area contributed by atoms with Gasteiger partial charge in [-0.15, -0.1) is 0 Å². The molecule has 0 aliphatic heterocycles. The Kier molecular flexibility index (Phi) is 6.50. The molecular formula is C15H29BrO. The Hall–Kier alpha value is 0.440. The van der Waals surface area contributed by atoms with Gasteiger partial charge in [-0.25, -0.2) is 0 Å². The number of halogens is 1. The minimum absolute atomic E-state index is 0.336. The molecule has 1 rings (SSSR count). The van der Waals surface area contributed by atoms with Crippen LogP contribution in [0, 0.1) is 17.3 Å². The molecule has 0 heterocycles. The van der Waals surface area contributed by atoms with Gasteiger partial charge in [0.2, 0.25) is 0 Å². The first kappa shape index (κ1) is 15.5. The highest BCUT2D eigenvalue weighted by Gasteiger charge is 2.26. The lowest BCUT2D eigenvalue weighted by Gasteiger charge is -2.33. The predicted molar refractivity (Wildman–Crippen MR) is 78.7 cm³/mol. The summed E-state index contributed by atoms with van der Waals surface area (Å²) < 4.78 is 6.16. The highest BCUT2D eigenvalue weighted by Crippen LogP contribution is 2.31. The summed E-state index contributed by atoms with van der Waals surface area (Å²) in [5, 5.41) is 1.04. The smallest absolute Gasteiger partial charge is 0.0578 e. The van der Waals surface area contributed by atoms with Gasteiger partial charge < -0.3 is 4.74 Å².